The molecule has 2 nitrogen and oxygen atoms in total. The number of nitrogens with two attached hydrogens (primary N) is 1. The molecule has 0 aliphatic rings. The van der Waals surface area contributed by atoms with Crippen molar-refractivity contribution in [1.82, 2.24) is 0 Å². The lowest BCUT2D eigenvalue weighted by Crippen LogP contribution is -2.00. The summed E-state index contributed by atoms with van der Waals surface area (Å²) in [4.78, 5) is 0. The first kappa shape index (κ1) is 13.0. The SMILES string of the molecule is NCc1cccc(Cl)c1Oc1cccc2ccccc12. The van der Waals surface area contributed by atoms with E-state index < -0.39 is 0 Å². The van der Waals surface area contributed by atoms with Gasteiger partial charge >= 0.3 is 0 Å². The predicted octanol–water partition coefficient (Wildman–Crippen LogP) is 4.74. The highest BCUT2D eigenvalue weighted by molar-refractivity contribution is 6.32. The molecule has 0 radical (unpaired) electrons. The summed E-state index contributed by atoms with van der Waals surface area (Å²) in [5.74, 6) is 1.42. The van der Waals surface area contributed by atoms with E-state index in [4.69, 9.17) is 22.1 Å². The number of rotatable bonds is 3. The van der Waals surface area contributed by atoms with Gasteiger partial charge < -0.3 is 10.5 Å². The van der Waals surface area contributed by atoms with Crippen LogP contribution in [0.3, 0.4) is 0 Å². The molecule has 3 rings (SSSR count). The number of halogens is 1. The van der Waals surface area contributed by atoms with Crippen molar-refractivity contribution in [2.24, 2.45) is 5.73 Å². The Labute approximate surface area is 122 Å². The van der Waals surface area contributed by atoms with Crippen LogP contribution in [0.15, 0.2) is 60.7 Å². The molecule has 0 saturated carbocycles. The first-order valence-corrected chi connectivity index (χ1v) is 6.80. The van der Waals surface area contributed by atoms with E-state index in [1.807, 2.05) is 42.5 Å². The summed E-state index contributed by atoms with van der Waals surface area (Å²) in [6.45, 7) is 0.390. The molecule has 0 atom stereocenters. The van der Waals surface area contributed by atoms with Gasteiger partial charge in [0.25, 0.3) is 0 Å². The van der Waals surface area contributed by atoms with E-state index in [2.05, 4.69) is 12.1 Å². The van der Waals surface area contributed by atoms with Crippen molar-refractivity contribution < 1.29 is 4.74 Å². The van der Waals surface area contributed by atoms with Crippen LogP contribution >= 0.6 is 11.6 Å². The Bertz CT molecular complexity index is 750. The van der Waals surface area contributed by atoms with Gasteiger partial charge in [0, 0.05) is 17.5 Å². The summed E-state index contributed by atoms with van der Waals surface area (Å²) >= 11 is 6.23. The minimum Gasteiger partial charge on any atom is -0.455 e. The topological polar surface area (TPSA) is 35.2 Å². The van der Waals surface area contributed by atoms with Crippen molar-refractivity contribution in [2.75, 3.05) is 0 Å². The zero-order valence-electron chi connectivity index (χ0n) is 10.8. The summed E-state index contributed by atoms with van der Waals surface area (Å²) in [5.41, 5.74) is 6.64. The van der Waals surface area contributed by atoms with Crippen LogP contribution in [-0.4, -0.2) is 0 Å². The summed E-state index contributed by atoms with van der Waals surface area (Å²) in [7, 11) is 0. The van der Waals surface area contributed by atoms with Crippen LogP contribution in [0, 0.1) is 0 Å². The molecule has 100 valence electrons. The first-order chi connectivity index (χ1) is 9.79. The van der Waals surface area contributed by atoms with Gasteiger partial charge in [-0.2, -0.15) is 0 Å². The number of para-hydroxylation sites is 1. The van der Waals surface area contributed by atoms with Crippen molar-refractivity contribution >= 4 is 22.4 Å². The fourth-order valence-corrected chi connectivity index (χ4v) is 2.46. The van der Waals surface area contributed by atoms with E-state index >= 15 is 0 Å². The molecule has 0 saturated heterocycles. The molecule has 20 heavy (non-hydrogen) atoms. The molecule has 0 aliphatic heterocycles. The standard InChI is InChI=1S/C17H14ClNO/c18-15-9-3-7-13(11-19)17(15)20-16-10-4-6-12-5-1-2-8-14(12)16/h1-10H,11,19H2. The largest absolute Gasteiger partial charge is 0.455 e. The average Bonchev–Trinajstić information content (AvgIpc) is 2.49. The molecule has 3 aromatic carbocycles. The van der Waals surface area contributed by atoms with Gasteiger partial charge in [-0.15, -0.1) is 0 Å². The molecule has 0 heterocycles. The quantitative estimate of drug-likeness (QED) is 0.753. The van der Waals surface area contributed by atoms with Crippen molar-refractivity contribution in [2.45, 2.75) is 6.54 Å². The zero-order valence-corrected chi connectivity index (χ0v) is 11.6. The maximum atomic E-state index is 6.23. The van der Waals surface area contributed by atoms with Crippen LogP contribution in [-0.2, 0) is 6.54 Å². The average molecular weight is 284 g/mol. The second kappa shape index (κ2) is 5.53. The summed E-state index contributed by atoms with van der Waals surface area (Å²) < 4.78 is 6.03. The van der Waals surface area contributed by atoms with Gasteiger partial charge in [-0.1, -0.05) is 60.1 Å². The van der Waals surface area contributed by atoms with Crippen LogP contribution in [0.1, 0.15) is 5.56 Å². The Kier molecular flexibility index (Phi) is 3.59. The first-order valence-electron chi connectivity index (χ1n) is 6.42. The molecule has 0 bridgehead atoms. The lowest BCUT2D eigenvalue weighted by Gasteiger charge is -2.13. The summed E-state index contributed by atoms with van der Waals surface area (Å²) in [6, 6.07) is 19.6. The second-order valence-electron chi connectivity index (χ2n) is 4.51. The predicted molar refractivity (Wildman–Crippen MR) is 83.4 cm³/mol. The molecule has 0 fully saturated rings. The van der Waals surface area contributed by atoms with Gasteiger partial charge in [-0.05, 0) is 17.5 Å². The zero-order chi connectivity index (χ0) is 13.9. The molecule has 0 aliphatic carbocycles. The summed E-state index contributed by atoms with van der Waals surface area (Å²) in [6.07, 6.45) is 0. The van der Waals surface area contributed by atoms with E-state index in [0.29, 0.717) is 17.3 Å². The van der Waals surface area contributed by atoms with Gasteiger partial charge in [0.15, 0.2) is 5.75 Å². The van der Waals surface area contributed by atoms with Gasteiger partial charge in [0.05, 0.1) is 5.02 Å². The highest BCUT2D eigenvalue weighted by Gasteiger charge is 2.10. The van der Waals surface area contributed by atoms with Gasteiger partial charge in [0.1, 0.15) is 5.75 Å². The highest BCUT2D eigenvalue weighted by atomic mass is 35.5. The van der Waals surface area contributed by atoms with E-state index in [1.165, 1.54) is 0 Å². The summed E-state index contributed by atoms with van der Waals surface area (Å²) in [5, 5.41) is 2.75. The second-order valence-corrected chi connectivity index (χ2v) is 4.92. The number of ether oxygens (including phenoxy) is 1. The minimum absolute atomic E-state index is 0.390. The number of benzene rings is 3. The molecule has 0 aromatic heterocycles. The fourth-order valence-electron chi connectivity index (χ4n) is 2.22. The number of fused-ring (bicyclic) bond motifs is 1. The fraction of sp³-hybridized carbons (Fsp3) is 0.0588. The van der Waals surface area contributed by atoms with Crippen LogP contribution in [0.5, 0.6) is 11.5 Å². The maximum Gasteiger partial charge on any atom is 0.150 e. The lowest BCUT2D eigenvalue weighted by molar-refractivity contribution is 0.482. The van der Waals surface area contributed by atoms with E-state index in [-0.39, 0.29) is 0 Å². The molecular formula is C17H14ClNO. The van der Waals surface area contributed by atoms with Crippen molar-refractivity contribution in [3.63, 3.8) is 0 Å². The normalized spacial score (nSPS) is 10.7. The van der Waals surface area contributed by atoms with E-state index in [9.17, 15) is 0 Å². The molecule has 3 heteroatoms. The van der Waals surface area contributed by atoms with Gasteiger partial charge in [0.2, 0.25) is 0 Å². The Morgan fingerprint density at radius 3 is 2.50 bits per heavy atom. The number of hydrogen-bond acceptors (Lipinski definition) is 2. The molecule has 3 aromatic rings. The Morgan fingerprint density at radius 2 is 1.65 bits per heavy atom. The maximum absolute atomic E-state index is 6.23. The molecule has 0 amide bonds. The Balaban J connectivity index is 2.10. The Hall–Kier alpha value is -2.03. The smallest absolute Gasteiger partial charge is 0.150 e. The van der Waals surface area contributed by atoms with Crippen LogP contribution in [0.25, 0.3) is 10.8 Å². The van der Waals surface area contributed by atoms with Crippen LogP contribution in [0.2, 0.25) is 5.02 Å². The molecule has 0 unspecified atom stereocenters. The Morgan fingerprint density at radius 1 is 0.900 bits per heavy atom. The minimum atomic E-state index is 0.390. The van der Waals surface area contributed by atoms with E-state index in [1.54, 1.807) is 6.07 Å². The lowest BCUT2D eigenvalue weighted by atomic mass is 10.1. The molecule has 0 spiro atoms. The number of hydrogen-bond donors (Lipinski definition) is 1. The highest BCUT2D eigenvalue weighted by Crippen LogP contribution is 2.35. The molecular weight excluding hydrogens is 270 g/mol. The van der Waals surface area contributed by atoms with Crippen molar-refractivity contribution in [3.05, 3.63) is 71.2 Å². The third-order valence-corrected chi connectivity index (χ3v) is 3.53. The van der Waals surface area contributed by atoms with Gasteiger partial charge in [-0.3, -0.25) is 0 Å². The van der Waals surface area contributed by atoms with Crippen LogP contribution in [0.4, 0.5) is 0 Å². The third kappa shape index (κ3) is 2.36. The molecule has 2 N–H and O–H groups in total. The van der Waals surface area contributed by atoms with Crippen LogP contribution < -0.4 is 10.5 Å². The van der Waals surface area contributed by atoms with Crippen molar-refractivity contribution in [1.29, 1.82) is 0 Å². The van der Waals surface area contributed by atoms with Crippen molar-refractivity contribution in [3.8, 4) is 11.5 Å². The monoisotopic (exact) mass is 283 g/mol. The van der Waals surface area contributed by atoms with E-state index in [0.717, 1.165) is 22.1 Å². The van der Waals surface area contributed by atoms with Gasteiger partial charge in [-0.25, -0.2) is 0 Å². The third-order valence-electron chi connectivity index (χ3n) is 3.23.